The number of halogens is 1. The second kappa shape index (κ2) is 6.30. The Bertz CT molecular complexity index is 851. The van der Waals surface area contributed by atoms with Gasteiger partial charge in [0.2, 0.25) is 5.28 Å². The van der Waals surface area contributed by atoms with E-state index in [4.69, 9.17) is 21.1 Å². The molecule has 0 bridgehead atoms. The number of methoxy groups -OCH3 is 2. The number of anilines is 2. The van der Waals surface area contributed by atoms with E-state index < -0.39 is 0 Å². The van der Waals surface area contributed by atoms with E-state index in [2.05, 4.69) is 15.3 Å². The summed E-state index contributed by atoms with van der Waals surface area (Å²) in [6, 6.07) is 11.6. The molecule has 6 heteroatoms. The number of rotatable bonds is 4. The fourth-order valence-corrected chi connectivity index (χ4v) is 2.47. The van der Waals surface area contributed by atoms with Crippen LogP contribution in [0.4, 0.5) is 11.5 Å². The molecule has 0 saturated carbocycles. The molecular weight excluding hydrogens is 314 g/mol. The Labute approximate surface area is 139 Å². The number of fused-ring (bicyclic) bond motifs is 1. The lowest BCUT2D eigenvalue weighted by molar-refractivity contribution is 0.356. The summed E-state index contributed by atoms with van der Waals surface area (Å²) >= 11 is 6.05. The van der Waals surface area contributed by atoms with E-state index in [0.717, 1.165) is 11.1 Å². The summed E-state index contributed by atoms with van der Waals surface area (Å²) in [5.41, 5.74) is 2.78. The predicted molar refractivity (Wildman–Crippen MR) is 92.1 cm³/mol. The second-order valence-corrected chi connectivity index (χ2v) is 5.39. The van der Waals surface area contributed by atoms with Gasteiger partial charge >= 0.3 is 0 Å². The first-order valence-corrected chi connectivity index (χ1v) is 7.41. The molecule has 5 nitrogen and oxygen atoms in total. The average Bonchev–Trinajstić information content (AvgIpc) is 2.55. The normalized spacial score (nSPS) is 10.6. The van der Waals surface area contributed by atoms with Crippen LogP contribution in [0.15, 0.2) is 36.4 Å². The van der Waals surface area contributed by atoms with Crippen LogP contribution in [0.1, 0.15) is 5.56 Å². The lowest BCUT2D eigenvalue weighted by Gasteiger charge is -2.12. The molecule has 0 radical (unpaired) electrons. The van der Waals surface area contributed by atoms with Crippen LogP contribution in [0.25, 0.3) is 10.9 Å². The van der Waals surface area contributed by atoms with E-state index in [9.17, 15) is 0 Å². The van der Waals surface area contributed by atoms with Crippen molar-refractivity contribution in [1.29, 1.82) is 0 Å². The number of aryl methyl sites for hydroxylation is 1. The largest absolute Gasteiger partial charge is 0.493 e. The topological polar surface area (TPSA) is 56.3 Å². The van der Waals surface area contributed by atoms with Crippen molar-refractivity contribution in [3.05, 3.63) is 47.2 Å². The van der Waals surface area contributed by atoms with Gasteiger partial charge in [0.15, 0.2) is 11.5 Å². The number of aromatic nitrogens is 2. The van der Waals surface area contributed by atoms with Gasteiger partial charge in [0.1, 0.15) is 5.82 Å². The van der Waals surface area contributed by atoms with Gasteiger partial charge in [-0.05, 0) is 36.7 Å². The van der Waals surface area contributed by atoms with Crippen molar-refractivity contribution in [2.45, 2.75) is 6.92 Å². The molecule has 1 N–H and O–H groups in total. The van der Waals surface area contributed by atoms with Crippen molar-refractivity contribution in [3.63, 3.8) is 0 Å². The Morgan fingerprint density at radius 3 is 2.26 bits per heavy atom. The van der Waals surface area contributed by atoms with Crippen LogP contribution in [0, 0.1) is 6.92 Å². The van der Waals surface area contributed by atoms with Crippen molar-refractivity contribution < 1.29 is 9.47 Å². The van der Waals surface area contributed by atoms with Crippen LogP contribution in [-0.4, -0.2) is 24.2 Å². The average molecular weight is 330 g/mol. The molecule has 0 aliphatic rings. The maximum absolute atomic E-state index is 6.05. The van der Waals surface area contributed by atoms with E-state index in [-0.39, 0.29) is 5.28 Å². The van der Waals surface area contributed by atoms with Gasteiger partial charge in [0, 0.05) is 17.1 Å². The molecule has 0 spiro atoms. The molecule has 3 rings (SSSR count). The first-order valence-electron chi connectivity index (χ1n) is 7.03. The van der Waals surface area contributed by atoms with Crippen LogP contribution in [-0.2, 0) is 0 Å². The highest BCUT2D eigenvalue weighted by atomic mass is 35.5. The van der Waals surface area contributed by atoms with E-state index in [1.165, 1.54) is 5.56 Å². The second-order valence-electron chi connectivity index (χ2n) is 5.06. The molecule has 0 aliphatic heterocycles. The third-order valence-electron chi connectivity index (χ3n) is 3.49. The number of nitrogens with one attached hydrogen (secondary N) is 1. The van der Waals surface area contributed by atoms with Gasteiger partial charge in [-0.2, -0.15) is 4.98 Å². The van der Waals surface area contributed by atoms with E-state index in [0.29, 0.717) is 22.8 Å². The number of hydrogen-bond donors (Lipinski definition) is 1. The lowest BCUT2D eigenvalue weighted by atomic mass is 10.2. The van der Waals surface area contributed by atoms with Gasteiger partial charge in [-0.3, -0.25) is 0 Å². The molecule has 3 aromatic rings. The Hall–Kier alpha value is -2.53. The highest BCUT2D eigenvalue weighted by Crippen LogP contribution is 2.35. The number of benzene rings is 2. The Morgan fingerprint density at radius 1 is 0.957 bits per heavy atom. The predicted octanol–water partition coefficient (Wildman–Crippen LogP) is 4.35. The summed E-state index contributed by atoms with van der Waals surface area (Å²) in [4.78, 5) is 8.55. The van der Waals surface area contributed by atoms with Crippen LogP contribution in [0.2, 0.25) is 5.28 Å². The molecule has 0 amide bonds. The number of hydrogen-bond acceptors (Lipinski definition) is 5. The molecule has 23 heavy (non-hydrogen) atoms. The third kappa shape index (κ3) is 3.14. The standard InChI is InChI=1S/C17H16ClN3O2/c1-10-4-6-11(7-5-10)19-16-12-8-14(22-2)15(23-3)9-13(12)20-17(18)21-16/h4-9H,1-3H3,(H,19,20,21). The summed E-state index contributed by atoms with van der Waals surface area (Å²) in [6.07, 6.45) is 0. The molecule has 0 aliphatic carbocycles. The van der Waals surface area contributed by atoms with Crippen molar-refractivity contribution in [1.82, 2.24) is 9.97 Å². The van der Waals surface area contributed by atoms with E-state index in [1.54, 1.807) is 20.3 Å². The summed E-state index contributed by atoms with van der Waals surface area (Å²) in [5.74, 6) is 1.82. The molecule has 0 atom stereocenters. The zero-order valence-electron chi connectivity index (χ0n) is 13.1. The minimum atomic E-state index is 0.166. The van der Waals surface area contributed by atoms with Gasteiger partial charge in [-0.15, -0.1) is 0 Å². The SMILES string of the molecule is COc1cc2nc(Cl)nc(Nc3ccc(C)cc3)c2cc1OC. The van der Waals surface area contributed by atoms with Gasteiger partial charge in [-0.25, -0.2) is 4.98 Å². The summed E-state index contributed by atoms with van der Waals surface area (Å²) in [7, 11) is 3.17. The molecular formula is C17H16ClN3O2. The zero-order valence-corrected chi connectivity index (χ0v) is 13.8. The van der Waals surface area contributed by atoms with Crippen molar-refractivity contribution in [2.75, 3.05) is 19.5 Å². The molecule has 2 aromatic carbocycles. The third-order valence-corrected chi connectivity index (χ3v) is 3.66. The minimum absolute atomic E-state index is 0.166. The van der Waals surface area contributed by atoms with Crippen LogP contribution in [0.3, 0.4) is 0 Å². The maximum Gasteiger partial charge on any atom is 0.224 e. The van der Waals surface area contributed by atoms with Crippen molar-refractivity contribution >= 4 is 34.0 Å². The zero-order chi connectivity index (χ0) is 16.4. The molecule has 0 fully saturated rings. The summed E-state index contributed by atoms with van der Waals surface area (Å²) in [6.45, 7) is 2.04. The molecule has 1 heterocycles. The molecule has 118 valence electrons. The molecule has 0 saturated heterocycles. The highest BCUT2D eigenvalue weighted by Gasteiger charge is 2.13. The summed E-state index contributed by atoms with van der Waals surface area (Å²) < 4.78 is 10.7. The van der Waals surface area contributed by atoms with Gasteiger partial charge < -0.3 is 14.8 Å². The van der Waals surface area contributed by atoms with Crippen LogP contribution < -0.4 is 14.8 Å². The summed E-state index contributed by atoms with van der Waals surface area (Å²) in [5, 5.41) is 4.24. The maximum atomic E-state index is 6.05. The number of ether oxygens (including phenoxy) is 2. The van der Waals surface area contributed by atoms with Gasteiger partial charge in [-0.1, -0.05) is 17.7 Å². The quantitative estimate of drug-likeness (QED) is 0.721. The first-order chi connectivity index (χ1) is 11.1. The van der Waals surface area contributed by atoms with Crippen LogP contribution >= 0.6 is 11.6 Å². The van der Waals surface area contributed by atoms with Crippen molar-refractivity contribution in [3.8, 4) is 11.5 Å². The smallest absolute Gasteiger partial charge is 0.224 e. The fraction of sp³-hybridized carbons (Fsp3) is 0.176. The van der Waals surface area contributed by atoms with Gasteiger partial charge in [0.25, 0.3) is 0 Å². The van der Waals surface area contributed by atoms with Crippen molar-refractivity contribution in [2.24, 2.45) is 0 Å². The van der Waals surface area contributed by atoms with Gasteiger partial charge in [0.05, 0.1) is 19.7 Å². The molecule has 1 aromatic heterocycles. The molecule has 0 unspecified atom stereocenters. The highest BCUT2D eigenvalue weighted by molar-refractivity contribution is 6.28. The number of nitrogens with zero attached hydrogens (tertiary/aromatic N) is 2. The Balaban J connectivity index is 2.13. The minimum Gasteiger partial charge on any atom is -0.493 e. The van der Waals surface area contributed by atoms with E-state index >= 15 is 0 Å². The lowest BCUT2D eigenvalue weighted by Crippen LogP contribution is -1.99. The fourth-order valence-electron chi connectivity index (χ4n) is 2.30. The monoisotopic (exact) mass is 329 g/mol. The van der Waals surface area contributed by atoms with Crippen LogP contribution in [0.5, 0.6) is 11.5 Å². The first kappa shape index (κ1) is 15.4. The van der Waals surface area contributed by atoms with E-state index in [1.807, 2.05) is 37.3 Å². The Morgan fingerprint density at radius 2 is 1.61 bits per heavy atom. The Kier molecular flexibility index (Phi) is 4.21.